The molecule has 12 heteroatoms. The predicted octanol–water partition coefficient (Wildman–Crippen LogP) is 5.20. The predicted molar refractivity (Wildman–Crippen MR) is 144 cm³/mol. The van der Waals surface area contributed by atoms with Crippen LogP contribution in [0.3, 0.4) is 0 Å². The fourth-order valence-corrected chi connectivity index (χ4v) is 3.41. The highest BCUT2D eigenvalue weighted by Crippen LogP contribution is 2.32. The lowest BCUT2D eigenvalue weighted by Gasteiger charge is -2.25. The van der Waals surface area contributed by atoms with Crippen LogP contribution in [-0.2, 0) is 19.1 Å². The van der Waals surface area contributed by atoms with Crippen molar-refractivity contribution in [1.29, 1.82) is 0 Å². The second-order valence-corrected chi connectivity index (χ2v) is 8.16. The number of nitro benzene ring substituents is 1. The Hall–Kier alpha value is -5.13. The highest BCUT2D eigenvalue weighted by atomic mass is 16.6. The first-order valence-corrected chi connectivity index (χ1v) is 11.9. The number of hydrogen-bond donors (Lipinski definition) is 1. The molecule has 0 aliphatic heterocycles. The molecule has 0 aliphatic rings. The van der Waals surface area contributed by atoms with Gasteiger partial charge in [-0.1, -0.05) is 18.2 Å². The van der Waals surface area contributed by atoms with Crippen LogP contribution in [0.1, 0.15) is 24.2 Å². The van der Waals surface area contributed by atoms with E-state index < -0.39 is 16.9 Å². The molecule has 0 saturated carbocycles. The molecule has 0 aliphatic carbocycles. The Labute approximate surface area is 224 Å². The van der Waals surface area contributed by atoms with Crippen molar-refractivity contribution in [3.05, 3.63) is 88.5 Å². The molecule has 39 heavy (non-hydrogen) atoms. The van der Waals surface area contributed by atoms with Crippen molar-refractivity contribution in [2.24, 2.45) is 10.2 Å². The summed E-state index contributed by atoms with van der Waals surface area (Å²) in [6.45, 7) is 3.43. The normalized spacial score (nSPS) is 10.6. The standard InChI is InChI=1S/C27H27N5O7/c1-19(33)38-16-14-31(15-17-39-20(2)34)24-12-13-25(30-29-22-8-10-23(11-9-22)32(36)37)26(18-24)28-27(35)21-6-4-3-5-7-21/h3-13,18H,14-17H2,1-2H3,(H,28,35). The van der Waals surface area contributed by atoms with Gasteiger partial charge in [0.05, 0.1) is 29.4 Å². The first-order chi connectivity index (χ1) is 18.7. The van der Waals surface area contributed by atoms with E-state index in [1.165, 1.54) is 38.1 Å². The van der Waals surface area contributed by atoms with Crippen LogP contribution < -0.4 is 10.2 Å². The van der Waals surface area contributed by atoms with E-state index in [0.29, 0.717) is 41.4 Å². The smallest absolute Gasteiger partial charge is 0.302 e. The van der Waals surface area contributed by atoms with Crippen LogP contribution in [-0.4, -0.2) is 49.1 Å². The summed E-state index contributed by atoms with van der Waals surface area (Å²) < 4.78 is 10.1. The number of hydrogen-bond acceptors (Lipinski definition) is 10. The number of nitrogens with zero attached hydrogens (tertiary/aromatic N) is 4. The molecule has 3 rings (SSSR count). The average Bonchev–Trinajstić information content (AvgIpc) is 2.92. The van der Waals surface area contributed by atoms with Crippen LogP contribution in [0.25, 0.3) is 0 Å². The van der Waals surface area contributed by atoms with Crippen LogP contribution >= 0.6 is 0 Å². The zero-order chi connectivity index (χ0) is 28.2. The van der Waals surface area contributed by atoms with Gasteiger partial charge >= 0.3 is 11.9 Å². The minimum atomic E-state index is -0.508. The van der Waals surface area contributed by atoms with E-state index >= 15 is 0 Å². The Bertz CT molecular complexity index is 1320. The van der Waals surface area contributed by atoms with E-state index in [-0.39, 0.29) is 24.8 Å². The molecule has 0 fully saturated rings. The Balaban J connectivity index is 1.92. The lowest BCUT2D eigenvalue weighted by atomic mass is 10.2. The Kier molecular flexibility index (Phi) is 10.2. The molecule has 1 amide bonds. The number of nitrogens with one attached hydrogen (secondary N) is 1. The number of rotatable bonds is 12. The van der Waals surface area contributed by atoms with Gasteiger partial charge < -0.3 is 19.7 Å². The molecular weight excluding hydrogens is 506 g/mol. The number of azo groups is 1. The van der Waals surface area contributed by atoms with Gasteiger partial charge in [-0.25, -0.2) is 0 Å². The monoisotopic (exact) mass is 533 g/mol. The molecule has 202 valence electrons. The molecule has 3 aromatic carbocycles. The highest BCUT2D eigenvalue weighted by molar-refractivity contribution is 6.06. The lowest BCUT2D eigenvalue weighted by molar-refractivity contribution is -0.384. The fourth-order valence-electron chi connectivity index (χ4n) is 3.41. The van der Waals surface area contributed by atoms with E-state index in [1.54, 1.807) is 48.5 Å². The minimum absolute atomic E-state index is 0.0725. The zero-order valence-corrected chi connectivity index (χ0v) is 21.4. The van der Waals surface area contributed by atoms with Crippen LogP contribution in [0, 0.1) is 10.1 Å². The number of benzene rings is 3. The van der Waals surface area contributed by atoms with Crippen molar-refractivity contribution in [2.45, 2.75) is 13.8 Å². The topological polar surface area (TPSA) is 153 Å². The van der Waals surface area contributed by atoms with Crippen molar-refractivity contribution >= 4 is 46.3 Å². The number of carbonyl (C=O) groups is 3. The van der Waals surface area contributed by atoms with Crippen molar-refractivity contribution < 1.29 is 28.8 Å². The number of nitro groups is 1. The molecule has 0 saturated heterocycles. The summed E-state index contributed by atoms with van der Waals surface area (Å²) in [6.07, 6.45) is 0. The number of esters is 2. The molecule has 0 spiro atoms. The molecule has 0 aromatic heterocycles. The molecule has 0 heterocycles. The van der Waals surface area contributed by atoms with Gasteiger partial charge in [-0.15, -0.1) is 5.11 Å². The molecule has 1 N–H and O–H groups in total. The SMILES string of the molecule is CC(=O)OCCN(CCOC(C)=O)c1ccc(N=Nc2ccc([N+](=O)[O-])cc2)c(NC(=O)c2ccccc2)c1. The summed E-state index contributed by atoms with van der Waals surface area (Å²) >= 11 is 0. The van der Waals surface area contributed by atoms with Crippen molar-refractivity contribution in [3.8, 4) is 0 Å². The largest absolute Gasteiger partial charge is 0.464 e. The number of amides is 1. The number of carbonyl (C=O) groups excluding carboxylic acids is 3. The lowest BCUT2D eigenvalue weighted by Crippen LogP contribution is -2.32. The summed E-state index contributed by atoms with van der Waals surface area (Å²) in [6, 6.07) is 19.3. The van der Waals surface area contributed by atoms with Crippen molar-refractivity contribution in [1.82, 2.24) is 0 Å². The van der Waals surface area contributed by atoms with Crippen LogP contribution in [0.2, 0.25) is 0 Å². The molecule has 12 nitrogen and oxygen atoms in total. The average molecular weight is 534 g/mol. The van der Waals surface area contributed by atoms with E-state index in [1.807, 2.05) is 4.90 Å². The van der Waals surface area contributed by atoms with Crippen LogP contribution in [0.15, 0.2) is 83.0 Å². The first kappa shape index (κ1) is 28.4. The summed E-state index contributed by atoms with van der Waals surface area (Å²) in [5, 5.41) is 22.2. The maximum Gasteiger partial charge on any atom is 0.302 e. The Morgan fingerprint density at radius 3 is 2.05 bits per heavy atom. The van der Waals surface area contributed by atoms with Gasteiger partial charge in [0.25, 0.3) is 11.6 Å². The minimum Gasteiger partial charge on any atom is -0.464 e. The summed E-state index contributed by atoms with van der Waals surface area (Å²) in [5.41, 5.74) is 2.07. The van der Waals surface area contributed by atoms with Gasteiger partial charge in [-0.3, -0.25) is 24.5 Å². The van der Waals surface area contributed by atoms with E-state index in [9.17, 15) is 24.5 Å². The Morgan fingerprint density at radius 2 is 1.49 bits per heavy atom. The second-order valence-electron chi connectivity index (χ2n) is 8.16. The summed E-state index contributed by atoms with van der Waals surface area (Å²) in [5.74, 6) is -1.22. The van der Waals surface area contributed by atoms with Crippen LogP contribution in [0.4, 0.5) is 28.4 Å². The summed E-state index contributed by atoms with van der Waals surface area (Å²) in [4.78, 5) is 47.7. The van der Waals surface area contributed by atoms with Crippen molar-refractivity contribution in [3.63, 3.8) is 0 Å². The third-order valence-corrected chi connectivity index (χ3v) is 5.30. The van der Waals surface area contributed by atoms with Gasteiger partial charge in [0, 0.05) is 37.2 Å². The second kappa shape index (κ2) is 14.0. The number of non-ortho nitro benzene ring substituents is 1. The first-order valence-electron chi connectivity index (χ1n) is 11.9. The molecule has 0 bridgehead atoms. The number of anilines is 2. The van der Waals surface area contributed by atoms with E-state index in [4.69, 9.17) is 9.47 Å². The molecule has 0 radical (unpaired) electrons. The van der Waals surface area contributed by atoms with Crippen molar-refractivity contribution in [2.75, 3.05) is 36.5 Å². The van der Waals surface area contributed by atoms with E-state index in [2.05, 4.69) is 15.5 Å². The third-order valence-electron chi connectivity index (χ3n) is 5.30. The zero-order valence-electron chi connectivity index (χ0n) is 21.4. The van der Waals surface area contributed by atoms with Gasteiger partial charge in [-0.2, -0.15) is 5.11 Å². The molecule has 0 unspecified atom stereocenters. The third kappa shape index (κ3) is 9.04. The summed E-state index contributed by atoms with van der Waals surface area (Å²) in [7, 11) is 0. The van der Waals surface area contributed by atoms with Gasteiger partial charge in [0.15, 0.2) is 0 Å². The quantitative estimate of drug-likeness (QED) is 0.144. The van der Waals surface area contributed by atoms with Gasteiger partial charge in [0.2, 0.25) is 0 Å². The fraction of sp³-hybridized carbons (Fsp3) is 0.222. The molecule has 0 atom stereocenters. The van der Waals surface area contributed by atoms with Gasteiger partial charge in [0.1, 0.15) is 18.9 Å². The highest BCUT2D eigenvalue weighted by Gasteiger charge is 2.15. The maximum atomic E-state index is 12.9. The maximum absolute atomic E-state index is 12.9. The van der Waals surface area contributed by atoms with Gasteiger partial charge in [-0.05, 0) is 42.5 Å². The molecular formula is C27H27N5O7. The Morgan fingerprint density at radius 1 is 0.872 bits per heavy atom. The van der Waals surface area contributed by atoms with E-state index in [0.717, 1.165) is 0 Å². The molecule has 3 aromatic rings. The van der Waals surface area contributed by atoms with Crippen LogP contribution in [0.5, 0.6) is 0 Å². The number of ether oxygens (including phenoxy) is 2.